The van der Waals surface area contributed by atoms with Crippen LogP contribution in [0, 0.1) is 0 Å². The summed E-state index contributed by atoms with van der Waals surface area (Å²) in [6.45, 7) is 3.11. The van der Waals surface area contributed by atoms with Crippen LogP contribution < -0.4 is 5.32 Å². The number of morpholine rings is 1. The second kappa shape index (κ2) is 12.5. The second-order valence-electron chi connectivity index (χ2n) is 6.46. The van der Waals surface area contributed by atoms with E-state index in [4.69, 9.17) is 9.47 Å². The molecule has 160 valence electrons. The highest BCUT2D eigenvalue weighted by atomic mass is 127. The van der Waals surface area contributed by atoms with Crippen LogP contribution in [0.3, 0.4) is 0 Å². The number of ether oxygens (including phenoxy) is 2. The van der Waals surface area contributed by atoms with E-state index >= 15 is 0 Å². The van der Waals surface area contributed by atoms with Crippen LogP contribution in [0.1, 0.15) is 36.5 Å². The molecule has 1 aromatic carbocycles. The maximum Gasteiger partial charge on any atom is 0.416 e. The first-order valence-corrected chi connectivity index (χ1v) is 9.19. The Morgan fingerprint density at radius 2 is 2.11 bits per heavy atom. The molecule has 1 aliphatic heterocycles. The average molecular weight is 515 g/mol. The molecule has 0 aromatic heterocycles. The number of methoxy groups -OCH3 is 1. The molecule has 1 aliphatic rings. The fraction of sp³-hybridized carbons (Fsp3) is 0.632. The van der Waals surface area contributed by atoms with Crippen LogP contribution in [0.5, 0.6) is 0 Å². The Morgan fingerprint density at radius 1 is 1.32 bits per heavy atom. The summed E-state index contributed by atoms with van der Waals surface area (Å²) in [6, 6.07) is 5.34. The minimum Gasteiger partial charge on any atom is -0.385 e. The van der Waals surface area contributed by atoms with E-state index < -0.39 is 17.8 Å². The topological polar surface area (TPSA) is 46.1 Å². The Balaban J connectivity index is 0.00000392. The molecule has 0 spiro atoms. The maximum atomic E-state index is 13.0. The fourth-order valence-electron chi connectivity index (χ4n) is 3.04. The van der Waals surface area contributed by atoms with Crippen LogP contribution in [-0.2, 0) is 15.7 Å². The van der Waals surface area contributed by atoms with Crippen LogP contribution in [0.25, 0.3) is 0 Å². The van der Waals surface area contributed by atoms with Gasteiger partial charge in [0.05, 0.1) is 18.7 Å². The monoisotopic (exact) mass is 515 g/mol. The van der Waals surface area contributed by atoms with Gasteiger partial charge in [-0.1, -0.05) is 12.1 Å². The predicted octanol–water partition coefficient (Wildman–Crippen LogP) is 4.09. The molecule has 1 aromatic rings. The normalized spacial score (nSPS) is 18.0. The van der Waals surface area contributed by atoms with Crippen molar-refractivity contribution in [3.05, 3.63) is 35.4 Å². The summed E-state index contributed by atoms with van der Waals surface area (Å²) in [5, 5.41) is 3.32. The smallest absolute Gasteiger partial charge is 0.385 e. The number of alkyl halides is 3. The number of nitrogens with one attached hydrogen (secondary N) is 1. The van der Waals surface area contributed by atoms with E-state index in [9.17, 15) is 13.2 Å². The summed E-state index contributed by atoms with van der Waals surface area (Å²) in [6.07, 6.45) is -1.68. The van der Waals surface area contributed by atoms with Gasteiger partial charge in [0.25, 0.3) is 0 Å². The summed E-state index contributed by atoms with van der Waals surface area (Å²) >= 11 is 0. The highest BCUT2D eigenvalue weighted by Crippen LogP contribution is 2.32. The summed E-state index contributed by atoms with van der Waals surface area (Å²) in [4.78, 5) is 6.33. The third kappa shape index (κ3) is 7.75. The van der Waals surface area contributed by atoms with Gasteiger partial charge in [-0.25, -0.2) is 0 Å². The number of halogens is 4. The molecule has 5 nitrogen and oxygen atoms in total. The van der Waals surface area contributed by atoms with Crippen molar-refractivity contribution in [1.29, 1.82) is 0 Å². The Kier molecular flexibility index (Phi) is 11.1. The number of unbranched alkanes of at least 4 members (excludes halogenated alkanes) is 2. The van der Waals surface area contributed by atoms with Gasteiger partial charge in [0.2, 0.25) is 0 Å². The van der Waals surface area contributed by atoms with Gasteiger partial charge in [-0.3, -0.25) is 4.99 Å². The lowest BCUT2D eigenvalue weighted by molar-refractivity contribution is -0.137. The lowest BCUT2D eigenvalue weighted by Gasteiger charge is -2.35. The van der Waals surface area contributed by atoms with Gasteiger partial charge in [-0.05, 0) is 37.0 Å². The van der Waals surface area contributed by atoms with Gasteiger partial charge < -0.3 is 19.7 Å². The lowest BCUT2D eigenvalue weighted by Crippen LogP contribution is -2.48. The van der Waals surface area contributed by atoms with Crippen molar-refractivity contribution >= 4 is 29.9 Å². The Labute approximate surface area is 181 Å². The van der Waals surface area contributed by atoms with E-state index in [1.165, 1.54) is 12.1 Å². The zero-order valence-electron chi connectivity index (χ0n) is 16.3. The van der Waals surface area contributed by atoms with E-state index in [1.807, 2.05) is 4.90 Å². The molecule has 0 saturated carbocycles. The third-order valence-corrected chi connectivity index (χ3v) is 4.47. The number of nitrogens with zero attached hydrogens (tertiary/aromatic N) is 2. The van der Waals surface area contributed by atoms with Crippen molar-refractivity contribution in [2.24, 2.45) is 4.99 Å². The van der Waals surface area contributed by atoms with E-state index in [0.717, 1.165) is 44.4 Å². The summed E-state index contributed by atoms with van der Waals surface area (Å²) in [7, 11) is 3.40. The highest BCUT2D eigenvalue weighted by Gasteiger charge is 2.32. The average Bonchev–Trinajstić information content (AvgIpc) is 2.67. The van der Waals surface area contributed by atoms with Crippen molar-refractivity contribution in [1.82, 2.24) is 10.2 Å². The molecule has 1 unspecified atom stereocenters. The number of hydrogen-bond acceptors (Lipinski definition) is 3. The van der Waals surface area contributed by atoms with Gasteiger partial charge in [0.1, 0.15) is 6.10 Å². The van der Waals surface area contributed by atoms with Crippen molar-refractivity contribution in [3.8, 4) is 0 Å². The zero-order valence-corrected chi connectivity index (χ0v) is 18.6. The Morgan fingerprint density at radius 3 is 2.79 bits per heavy atom. The predicted molar refractivity (Wildman–Crippen MR) is 114 cm³/mol. The minimum absolute atomic E-state index is 0. The molecule has 0 radical (unpaired) electrons. The molecule has 1 fully saturated rings. The second-order valence-corrected chi connectivity index (χ2v) is 6.46. The molecule has 1 heterocycles. The Hall–Kier alpha value is -1.07. The number of rotatable bonds is 7. The van der Waals surface area contributed by atoms with Crippen LogP contribution in [0.15, 0.2) is 29.3 Å². The van der Waals surface area contributed by atoms with Crippen LogP contribution >= 0.6 is 24.0 Å². The molecule has 0 aliphatic carbocycles. The largest absolute Gasteiger partial charge is 0.416 e. The molecule has 1 saturated heterocycles. The van der Waals surface area contributed by atoms with E-state index in [1.54, 1.807) is 20.2 Å². The lowest BCUT2D eigenvalue weighted by atomic mass is 10.0. The first kappa shape index (κ1) is 25.0. The van der Waals surface area contributed by atoms with E-state index in [-0.39, 0.29) is 24.0 Å². The number of aliphatic imine (C=N–C) groups is 1. The summed E-state index contributed by atoms with van der Waals surface area (Å²) < 4.78 is 49.6. The molecule has 0 amide bonds. The van der Waals surface area contributed by atoms with Crippen LogP contribution in [0.2, 0.25) is 0 Å². The first-order valence-electron chi connectivity index (χ1n) is 9.19. The molecule has 1 atom stereocenters. The Bertz CT molecular complexity index is 614. The molecule has 9 heteroatoms. The van der Waals surface area contributed by atoms with Gasteiger partial charge in [-0.2, -0.15) is 13.2 Å². The number of guanidine groups is 1. The van der Waals surface area contributed by atoms with Gasteiger partial charge >= 0.3 is 6.18 Å². The number of benzene rings is 1. The molecule has 1 N–H and O–H groups in total. The first-order chi connectivity index (χ1) is 13.0. The SMILES string of the molecule is CN=C(NCCCCCOC)N1CCOC(c2cccc(C(F)(F)F)c2)C1.I. The number of hydrogen-bond donors (Lipinski definition) is 1. The standard InChI is InChI=1S/C19H28F3N3O2.HI/c1-23-18(24-9-4-3-5-11-26-2)25-10-12-27-17(14-25)15-7-6-8-16(13-15)19(20,21)22;/h6-8,13,17H,3-5,9-12,14H2,1-2H3,(H,23,24);1H. The van der Waals surface area contributed by atoms with Gasteiger partial charge in [0.15, 0.2) is 5.96 Å². The van der Waals surface area contributed by atoms with Crippen molar-refractivity contribution in [2.75, 3.05) is 47.0 Å². The maximum absolute atomic E-state index is 13.0. The fourth-order valence-corrected chi connectivity index (χ4v) is 3.04. The molecule has 0 bridgehead atoms. The molecule has 28 heavy (non-hydrogen) atoms. The molecular formula is C19H29F3IN3O2. The minimum atomic E-state index is -4.36. The zero-order chi connectivity index (χ0) is 19.7. The molecule has 2 rings (SSSR count). The van der Waals surface area contributed by atoms with Crippen molar-refractivity contribution < 1.29 is 22.6 Å². The highest BCUT2D eigenvalue weighted by molar-refractivity contribution is 14.0. The van der Waals surface area contributed by atoms with Gasteiger partial charge in [-0.15, -0.1) is 24.0 Å². The summed E-state index contributed by atoms with van der Waals surface area (Å²) in [5.41, 5.74) is -0.121. The van der Waals surface area contributed by atoms with Gasteiger partial charge in [0, 0.05) is 33.9 Å². The van der Waals surface area contributed by atoms with Crippen molar-refractivity contribution in [2.45, 2.75) is 31.5 Å². The molecular weight excluding hydrogens is 486 g/mol. The van der Waals surface area contributed by atoms with Crippen molar-refractivity contribution in [3.63, 3.8) is 0 Å². The summed E-state index contributed by atoms with van der Waals surface area (Å²) in [5.74, 6) is 0.752. The van der Waals surface area contributed by atoms with E-state index in [2.05, 4.69) is 10.3 Å². The third-order valence-electron chi connectivity index (χ3n) is 4.47. The quantitative estimate of drug-likeness (QED) is 0.257. The van der Waals surface area contributed by atoms with Crippen LogP contribution in [-0.4, -0.2) is 57.9 Å². The van der Waals surface area contributed by atoms with Crippen LogP contribution in [0.4, 0.5) is 13.2 Å². The van der Waals surface area contributed by atoms with E-state index in [0.29, 0.717) is 25.3 Å².